The van der Waals surface area contributed by atoms with Crippen LogP contribution in [-0.2, 0) is 4.79 Å². The average Bonchev–Trinajstić information content (AvgIpc) is 1.87. The van der Waals surface area contributed by atoms with Gasteiger partial charge in [0.2, 0.25) is 0 Å². The number of carbonyl (C=O) groups is 1. The summed E-state index contributed by atoms with van der Waals surface area (Å²) in [7, 11) is 0. The summed E-state index contributed by atoms with van der Waals surface area (Å²) < 4.78 is 12.4. The average molecular weight is 165 g/mol. The zero-order chi connectivity index (χ0) is 9.02. The second kappa shape index (κ2) is 4.22. The van der Waals surface area contributed by atoms with E-state index in [1.165, 1.54) is 0 Å². The highest BCUT2D eigenvalue weighted by Crippen LogP contribution is 2.02. The van der Waals surface area contributed by atoms with Gasteiger partial charge < -0.3 is 21.7 Å². The molecule has 11 heavy (non-hydrogen) atoms. The molecule has 0 aliphatic carbocycles. The number of nitrogens with two attached hydrogens (primary N) is 2. The molecule has 0 fully saturated rings. The van der Waals surface area contributed by atoms with Crippen LogP contribution in [0.2, 0.25) is 0 Å². The van der Waals surface area contributed by atoms with Gasteiger partial charge in [0.15, 0.2) is 0 Å². The fourth-order valence-corrected chi connectivity index (χ4v) is 0.483. The molecule has 0 rings (SSSR count). The van der Waals surface area contributed by atoms with Gasteiger partial charge in [-0.05, 0) is 0 Å². The lowest BCUT2D eigenvalue weighted by Crippen LogP contribution is -2.39. The lowest BCUT2D eigenvalue weighted by Gasteiger charge is -2.12. The summed E-state index contributed by atoms with van der Waals surface area (Å²) in [5.41, 5.74) is 9.67. The molecule has 0 aromatic rings. The van der Waals surface area contributed by atoms with E-state index in [1.807, 2.05) is 0 Å². The smallest absolute Gasteiger partial charge is 0.320 e. The highest BCUT2D eigenvalue weighted by molar-refractivity contribution is 5.73. The predicted octanol–water partition coefficient (Wildman–Crippen LogP) is -1.60. The Balaban J connectivity index is 3.75. The Morgan fingerprint density at radius 1 is 1.55 bits per heavy atom. The topological polar surface area (TPSA) is 110 Å². The van der Waals surface area contributed by atoms with Crippen LogP contribution in [-0.4, -0.2) is 34.6 Å². The van der Waals surface area contributed by atoms with Crippen LogP contribution in [0.5, 0.6) is 0 Å². The number of aliphatic hydroxyl groups is 1. The van der Waals surface area contributed by atoms with E-state index in [-0.39, 0.29) is 0 Å². The summed E-state index contributed by atoms with van der Waals surface area (Å²) in [6.45, 7) is 0. The van der Waals surface area contributed by atoms with Crippen LogP contribution < -0.4 is 11.5 Å². The first-order valence-corrected chi connectivity index (χ1v) is 3.01. The number of aliphatic hydroxyl groups excluding tert-OH is 1. The van der Waals surface area contributed by atoms with Gasteiger partial charge in [-0.25, -0.2) is 4.39 Å². The highest BCUT2D eigenvalue weighted by Gasteiger charge is 2.21. The molecule has 0 aromatic heterocycles. The number of hydrogen-bond donors (Lipinski definition) is 4. The van der Waals surface area contributed by atoms with Crippen LogP contribution in [0.1, 0.15) is 6.42 Å². The van der Waals surface area contributed by atoms with Crippen molar-refractivity contribution in [3.05, 3.63) is 0 Å². The Hall–Kier alpha value is -0.720. The lowest BCUT2D eigenvalue weighted by atomic mass is 10.1. The molecule has 0 aliphatic rings. The molecule has 6 N–H and O–H groups in total. The number of alkyl halides is 1. The van der Waals surface area contributed by atoms with Crippen molar-refractivity contribution in [2.24, 2.45) is 11.5 Å². The number of hydrogen-bond acceptors (Lipinski definition) is 4. The Kier molecular flexibility index (Phi) is 3.94. The third-order valence-electron chi connectivity index (χ3n) is 1.17. The van der Waals surface area contributed by atoms with Crippen molar-refractivity contribution < 1.29 is 19.4 Å². The van der Waals surface area contributed by atoms with Crippen molar-refractivity contribution in [2.75, 3.05) is 0 Å². The van der Waals surface area contributed by atoms with Crippen LogP contribution in [0.4, 0.5) is 4.39 Å². The molecule has 0 saturated heterocycles. The van der Waals surface area contributed by atoms with Crippen molar-refractivity contribution in [3.63, 3.8) is 0 Å². The second-order valence-electron chi connectivity index (χ2n) is 2.19. The van der Waals surface area contributed by atoms with E-state index in [0.29, 0.717) is 0 Å². The number of carboxylic acids is 1. The van der Waals surface area contributed by atoms with Crippen LogP contribution in [0.25, 0.3) is 0 Å². The van der Waals surface area contributed by atoms with Crippen molar-refractivity contribution in [1.82, 2.24) is 0 Å². The molecule has 5 nitrogen and oxygen atoms in total. The van der Waals surface area contributed by atoms with Gasteiger partial charge in [-0.3, -0.25) is 4.79 Å². The van der Waals surface area contributed by atoms with E-state index in [9.17, 15) is 9.18 Å². The molecule has 0 aromatic carbocycles. The number of aliphatic carboxylic acids is 1. The standard InChI is InChI=1S/C5H11FN2O3/c6-2(4(8)9)1-3(7)5(10)11/h2-4,9H,1,7-8H2,(H,10,11)/t2-,3+,4?/m0/s1/i6-1. The molecule has 6 heteroatoms. The largest absolute Gasteiger partial charge is 0.480 e. The van der Waals surface area contributed by atoms with Crippen LogP contribution in [0, 0.1) is 0 Å². The first-order chi connectivity index (χ1) is 4.95. The Labute approximate surface area is 62.8 Å². The first kappa shape index (κ1) is 10.3. The molecule has 0 spiro atoms. The molecular formula is C5H11FN2O3. The zero-order valence-corrected chi connectivity index (χ0v) is 5.77. The van der Waals surface area contributed by atoms with Gasteiger partial charge in [0.05, 0.1) is 0 Å². The van der Waals surface area contributed by atoms with E-state index in [4.69, 9.17) is 21.7 Å². The van der Waals surface area contributed by atoms with Crippen LogP contribution >= 0.6 is 0 Å². The normalized spacial score (nSPS) is 18.9. The summed E-state index contributed by atoms with van der Waals surface area (Å²) in [5.74, 6) is -1.31. The number of carboxylic acid groups (broad SMARTS) is 1. The molecule has 3 atom stereocenters. The molecule has 0 saturated carbocycles. The van der Waals surface area contributed by atoms with Gasteiger partial charge in [0, 0.05) is 6.42 Å². The summed E-state index contributed by atoms with van der Waals surface area (Å²) in [4.78, 5) is 10.0. The summed E-state index contributed by atoms with van der Waals surface area (Å²) >= 11 is 0. The maximum atomic E-state index is 12.4. The van der Waals surface area contributed by atoms with E-state index in [1.54, 1.807) is 0 Å². The zero-order valence-electron chi connectivity index (χ0n) is 5.77. The van der Waals surface area contributed by atoms with Gasteiger partial charge in [-0.15, -0.1) is 0 Å². The SMILES string of the molecule is NC(O)[C@@H]([18F])C[C@@H](N)C(=O)O. The van der Waals surface area contributed by atoms with E-state index >= 15 is 0 Å². The molecule has 0 radical (unpaired) electrons. The van der Waals surface area contributed by atoms with E-state index < -0.39 is 30.8 Å². The van der Waals surface area contributed by atoms with Gasteiger partial charge in [-0.1, -0.05) is 0 Å². The van der Waals surface area contributed by atoms with Crippen molar-refractivity contribution in [1.29, 1.82) is 0 Å². The summed E-state index contributed by atoms with van der Waals surface area (Å²) in [6, 6.07) is -1.32. The summed E-state index contributed by atoms with van der Waals surface area (Å²) in [6.07, 6.45) is -3.94. The first-order valence-electron chi connectivity index (χ1n) is 3.01. The molecule has 0 aliphatic heterocycles. The van der Waals surface area contributed by atoms with E-state index in [2.05, 4.69) is 0 Å². The van der Waals surface area contributed by atoms with Crippen molar-refractivity contribution in [2.45, 2.75) is 24.9 Å². The van der Waals surface area contributed by atoms with Crippen molar-refractivity contribution in [3.8, 4) is 0 Å². The minimum absolute atomic E-state index is 0.479. The fourth-order valence-electron chi connectivity index (χ4n) is 0.483. The molecule has 0 heterocycles. The second-order valence-corrected chi connectivity index (χ2v) is 2.19. The minimum Gasteiger partial charge on any atom is -0.480 e. The highest BCUT2D eigenvalue weighted by atomic mass is 18.2. The van der Waals surface area contributed by atoms with Crippen molar-refractivity contribution >= 4 is 5.97 Å². The molecular weight excluding hydrogens is 154 g/mol. The van der Waals surface area contributed by atoms with Crippen LogP contribution in [0.3, 0.4) is 0 Å². The molecule has 1 unspecified atom stereocenters. The van der Waals surface area contributed by atoms with Gasteiger partial charge in [0.25, 0.3) is 0 Å². The van der Waals surface area contributed by atoms with E-state index in [0.717, 1.165) is 0 Å². The lowest BCUT2D eigenvalue weighted by molar-refractivity contribution is -0.139. The number of halogens is 1. The summed E-state index contributed by atoms with van der Waals surface area (Å²) in [5, 5.41) is 16.6. The predicted molar refractivity (Wildman–Crippen MR) is 35.3 cm³/mol. The van der Waals surface area contributed by atoms with Gasteiger partial charge in [0.1, 0.15) is 18.4 Å². The monoisotopic (exact) mass is 165 g/mol. The maximum Gasteiger partial charge on any atom is 0.320 e. The molecule has 66 valence electrons. The minimum atomic E-state index is -1.79. The third kappa shape index (κ3) is 3.87. The maximum absolute atomic E-state index is 12.4. The van der Waals surface area contributed by atoms with Gasteiger partial charge >= 0.3 is 5.97 Å². The number of rotatable bonds is 4. The van der Waals surface area contributed by atoms with Crippen LogP contribution in [0.15, 0.2) is 0 Å². The quantitative estimate of drug-likeness (QED) is 0.375. The van der Waals surface area contributed by atoms with Gasteiger partial charge in [-0.2, -0.15) is 0 Å². The molecule has 0 bridgehead atoms. The Morgan fingerprint density at radius 2 is 2.00 bits per heavy atom. The third-order valence-corrected chi connectivity index (χ3v) is 1.17. The Morgan fingerprint density at radius 3 is 2.27 bits per heavy atom. The fraction of sp³-hybridized carbons (Fsp3) is 0.800. The Bertz CT molecular complexity index is 142. The molecule has 0 amide bonds.